The van der Waals surface area contributed by atoms with Gasteiger partial charge in [-0.05, 0) is 40.2 Å². The molecule has 0 amide bonds. The molecule has 1 aromatic heterocycles. The van der Waals surface area contributed by atoms with Crippen molar-refractivity contribution in [1.82, 2.24) is 4.98 Å². The molecule has 0 fully saturated rings. The second kappa shape index (κ2) is 4.93. The fourth-order valence-corrected chi connectivity index (χ4v) is 1.54. The van der Waals surface area contributed by atoms with Gasteiger partial charge >= 0.3 is 0 Å². The molecule has 0 saturated carbocycles. The number of halogens is 2. The zero-order chi connectivity index (χ0) is 12.3. The monoisotopic (exact) mass is 292 g/mol. The molecule has 0 aliphatic rings. The third-order valence-electron chi connectivity index (χ3n) is 2.00. The van der Waals surface area contributed by atoms with E-state index in [0.29, 0.717) is 16.1 Å². The molecule has 0 aliphatic heterocycles. The van der Waals surface area contributed by atoms with Gasteiger partial charge in [-0.15, -0.1) is 0 Å². The fourth-order valence-electron chi connectivity index (χ4n) is 1.21. The SMILES string of the molecule is N#Cc1ccc(Oc2ncccc2Br)cc1F. The molecule has 2 aromatic rings. The Morgan fingerprint density at radius 3 is 2.82 bits per heavy atom. The van der Waals surface area contributed by atoms with Gasteiger partial charge in [0.25, 0.3) is 0 Å². The van der Waals surface area contributed by atoms with E-state index in [1.165, 1.54) is 12.1 Å². The molecule has 0 aliphatic carbocycles. The maximum Gasteiger partial charge on any atom is 0.233 e. The molecule has 5 heteroatoms. The molecule has 0 radical (unpaired) electrons. The molecule has 0 spiro atoms. The van der Waals surface area contributed by atoms with Gasteiger partial charge in [-0.2, -0.15) is 5.26 Å². The zero-order valence-electron chi connectivity index (χ0n) is 8.52. The molecule has 3 nitrogen and oxygen atoms in total. The normalized spacial score (nSPS) is 9.71. The van der Waals surface area contributed by atoms with E-state index in [4.69, 9.17) is 10.00 Å². The number of rotatable bonds is 2. The summed E-state index contributed by atoms with van der Waals surface area (Å²) in [5.74, 6) is 0.0227. The summed E-state index contributed by atoms with van der Waals surface area (Å²) in [4.78, 5) is 3.99. The minimum absolute atomic E-state index is 0.0163. The van der Waals surface area contributed by atoms with Crippen molar-refractivity contribution in [2.45, 2.75) is 0 Å². The Morgan fingerprint density at radius 2 is 2.18 bits per heavy atom. The van der Waals surface area contributed by atoms with Crippen molar-refractivity contribution in [3.05, 3.63) is 52.4 Å². The van der Waals surface area contributed by atoms with Gasteiger partial charge in [0.05, 0.1) is 10.0 Å². The molecule has 0 bridgehead atoms. The van der Waals surface area contributed by atoms with E-state index in [9.17, 15) is 4.39 Å². The second-order valence-corrected chi connectivity index (χ2v) is 4.00. The summed E-state index contributed by atoms with van der Waals surface area (Å²) in [6, 6.07) is 9.29. The molecule has 2 rings (SSSR count). The lowest BCUT2D eigenvalue weighted by molar-refractivity contribution is 0.455. The van der Waals surface area contributed by atoms with Gasteiger partial charge in [-0.1, -0.05) is 0 Å². The van der Waals surface area contributed by atoms with Crippen molar-refractivity contribution in [1.29, 1.82) is 5.26 Å². The number of nitriles is 1. The minimum Gasteiger partial charge on any atom is -0.438 e. The smallest absolute Gasteiger partial charge is 0.233 e. The molecule has 0 N–H and O–H groups in total. The van der Waals surface area contributed by atoms with Crippen molar-refractivity contribution < 1.29 is 9.13 Å². The summed E-state index contributed by atoms with van der Waals surface area (Å²) < 4.78 is 19.4. The Balaban J connectivity index is 2.29. The highest BCUT2D eigenvalue weighted by Crippen LogP contribution is 2.27. The standard InChI is InChI=1S/C12H6BrFN2O/c13-10-2-1-5-16-12(10)17-9-4-3-8(7-15)11(14)6-9/h1-6H. The molecule has 17 heavy (non-hydrogen) atoms. The summed E-state index contributed by atoms with van der Waals surface area (Å²) in [7, 11) is 0. The van der Waals surface area contributed by atoms with Crippen LogP contribution in [0.25, 0.3) is 0 Å². The van der Waals surface area contributed by atoms with Gasteiger partial charge < -0.3 is 4.74 Å². The highest BCUT2D eigenvalue weighted by atomic mass is 79.9. The number of benzene rings is 1. The van der Waals surface area contributed by atoms with Crippen molar-refractivity contribution in [3.63, 3.8) is 0 Å². The minimum atomic E-state index is -0.614. The van der Waals surface area contributed by atoms with Crippen LogP contribution < -0.4 is 4.74 Å². The lowest BCUT2D eigenvalue weighted by Gasteiger charge is -2.06. The van der Waals surface area contributed by atoms with Crippen molar-refractivity contribution in [2.75, 3.05) is 0 Å². The largest absolute Gasteiger partial charge is 0.438 e. The summed E-state index contributed by atoms with van der Waals surface area (Å²) in [6.07, 6.45) is 1.57. The molecular formula is C12H6BrFN2O. The zero-order valence-corrected chi connectivity index (χ0v) is 10.1. The first-order valence-corrected chi connectivity index (χ1v) is 5.48. The Morgan fingerprint density at radius 1 is 1.35 bits per heavy atom. The number of hydrogen-bond acceptors (Lipinski definition) is 3. The number of aromatic nitrogens is 1. The number of nitrogens with zero attached hydrogens (tertiary/aromatic N) is 2. The van der Waals surface area contributed by atoms with Gasteiger partial charge in [-0.25, -0.2) is 9.37 Å². The Labute approximate surface area is 106 Å². The summed E-state index contributed by atoms with van der Waals surface area (Å²) in [5.41, 5.74) is -0.0163. The van der Waals surface area contributed by atoms with Crippen LogP contribution in [0.5, 0.6) is 11.6 Å². The van der Waals surface area contributed by atoms with Crippen molar-refractivity contribution in [2.24, 2.45) is 0 Å². The van der Waals surface area contributed by atoms with E-state index in [1.807, 2.05) is 0 Å². The highest BCUT2D eigenvalue weighted by molar-refractivity contribution is 9.10. The Bertz CT molecular complexity index is 595. The van der Waals surface area contributed by atoms with Crippen LogP contribution in [0.2, 0.25) is 0 Å². The maximum atomic E-state index is 13.3. The molecule has 0 saturated heterocycles. The summed E-state index contributed by atoms with van der Waals surface area (Å²) in [6.45, 7) is 0. The molecule has 1 heterocycles. The van der Waals surface area contributed by atoms with Crippen LogP contribution in [0, 0.1) is 17.1 Å². The molecule has 0 atom stereocenters. The average Bonchev–Trinajstić information content (AvgIpc) is 2.32. The predicted octanol–water partition coefficient (Wildman–Crippen LogP) is 3.65. The van der Waals surface area contributed by atoms with E-state index >= 15 is 0 Å². The van der Waals surface area contributed by atoms with Crippen LogP contribution in [0.3, 0.4) is 0 Å². The highest BCUT2D eigenvalue weighted by Gasteiger charge is 2.06. The Hall–Kier alpha value is -1.93. The van der Waals surface area contributed by atoms with E-state index in [1.54, 1.807) is 24.4 Å². The maximum absolute atomic E-state index is 13.3. The molecule has 0 unspecified atom stereocenters. The van der Waals surface area contributed by atoms with Crippen molar-refractivity contribution >= 4 is 15.9 Å². The summed E-state index contributed by atoms with van der Waals surface area (Å²) >= 11 is 3.27. The van der Waals surface area contributed by atoms with Gasteiger partial charge in [0.2, 0.25) is 5.88 Å². The lowest BCUT2D eigenvalue weighted by Crippen LogP contribution is -1.90. The first kappa shape index (κ1) is 11.6. The van der Waals surface area contributed by atoms with E-state index in [0.717, 1.165) is 6.07 Å². The number of ether oxygens (including phenoxy) is 1. The van der Waals surface area contributed by atoms with Crippen LogP contribution in [0.4, 0.5) is 4.39 Å². The third-order valence-corrected chi connectivity index (χ3v) is 2.60. The van der Waals surface area contributed by atoms with Crippen LogP contribution in [0.1, 0.15) is 5.56 Å². The topological polar surface area (TPSA) is 45.9 Å². The van der Waals surface area contributed by atoms with E-state index in [2.05, 4.69) is 20.9 Å². The van der Waals surface area contributed by atoms with Gasteiger partial charge in [0, 0.05) is 12.3 Å². The van der Waals surface area contributed by atoms with Gasteiger partial charge in [-0.3, -0.25) is 0 Å². The molecule has 84 valence electrons. The van der Waals surface area contributed by atoms with E-state index in [-0.39, 0.29) is 5.56 Å². The lowest BCUT2D eigenvalue weighted by atomic mass is 10.2. The van der Waals surface area contributed by atoms with Crippen LogP contribution in [-0.4, -0.2) is 4.98 Å². The first-order chi connectivity index (χ1) is 8.20. The quantitative estimate of drug-likeness (QED) is 0.849. The van der Waals surface area contributed by atoms with Crippen molar-refractivity contribution in [3.8, 4) is 17.7 Å². The molecule has 1 aromatic carbocycles. The van der Waals surface area contributed by atoms with Crippen LogP contribution in [-0.2, 0) is 0 Å². The number of pyridine rings is 1. The Kier molecular flexibility index (Phi) is 3.35. The predicted molar refractivity (Wildman–Crippen MR) is 63.1 cm³/mol. The average molecular weight is 293 g/mol. The van der Waals surface area contributed by atoms with Crippen LogP contribution >= 0.6 is 15.9 Å². The fraction of sp³-hybridized carbons (Fsp3) is 0. The second-order valence-electron chi connectivity index (χ2n) is 3.15. The third kappa shape index (κ3) is 2.60. The van der Waals surface area contributed by atoms with Crippen LogP contribution in [0.15, 0.2) is 41.0 Å². The number of hydrogen-bond donors (Lipinski definition) is 0. The first-order valence-electron chi connectivity index (χ1n) is 4.69. The van der Waals surface area contributed by atoms with E-state index < -0.39 is 5.82 Å². The molecular weight excluding hydrogens is 287 g/mol. The van der Waals surface area contributed by atoms with Gasteiger partial charge in [0.1, 0.15) is 17.6 Å². The summed E-state index contributed by atoms with van der Waals surface area (Å²) in [5, 5.41) is 8.59. The van der Waals surface area contributed by atoms with Gasteiger partial charge in [0.15, 0.2) is 0 Å².